The second kappa shape index (κ2) is 10.3. The number of nitrogens with one attached hydrogen (secondary N) is 2. The third-order valence-electron chi connectivity index (χ3n) is 6.14. The van der Waals surface area contributed by atoms with Gasteiger partial charge in [-0.3, -0.25) is 9.69 Å². The molecule has 9 heteroatoms. The molecule has 3 aromatic rings. The number of carbonyl (C=O) groups excluding carboxylic acids is 1. The van der Waals surface area contributed by atoms with Crippen LogP contribution in [0.1, 0.15) is 39.5 Å². The van der Waals surface area contributed by atoms with Crippen molar-refractivity contribution in [2.24, 2.45) is 0 Å². The number of anilines is 1. The Hall–Kier alpha value is -2.26. The van der Waals surface area contributed by atoms with E-state index in [1.165, 1.54) is 28.7 Å². The van der Waals surface area contributed by atoms with Gasteiger partial charge in [-0.15, -0.1) is 11.3 Å². The monoisotopic (exact) mass is 485 g/mol. The smallest absolute Gasteiger partial charge is 0.251 e. The van der Waals surface area contributed by atoms with Crippen molar-refractivity contribution in [3.05, 3.63) is 51.1 Å². The molecule has 2 aromatic heterocycles. The van der Waals surface area contributed by atoms with Crippen molar-refractivity contribution in [2.75, 3.05) is 44.7 Å². The van der Waals surface area contributed by atoms with E-state index in [0.29, 0.717) is 23.7 Å². The fourth-order valence-corrected chi connectivity index (χ4v) is 5.83. The van der Waals surface area contributed by atoms with Gasteiger partial charge in [0.05, 0.1) is 25.1 Å². The predicted molar refractivity (Wildman–Crippen MR) is 132 cm³/mol. The van der Waals surface area contributed by atoms with E-state index >= 15 is 0 Å². The van der Waals surface area contributed by atoms with Gasteiger partial charge in [-0.2, -0.15) is 0 Å². The Balaban J connectivity index is 1.31. The van der Waals surface area contributed by atoms with Crippen molar-refractivity contribution in [3.8, 4) is 0 Å². The minimum absolute atomic E-state index is 0.109. The molecule has 3 heterocycles. The molecule has 0 unspecified atom stereocenters. The van der Waals surface area contributed by atoms with Crippen molar-refractivity contribution in [2.45, 2.75) is 32.2 Å². The highest BCUT2D eigenvalue weighted by Gasteiger charge is 2.22. The summed E-state index contributed by atoms with van der Waals surface area (Å²) in [5, 5.41) is 8.25. The lowest BCUT2D eigenvalue weighted by Crippen LogP contribution is -2.36. The molecule has 0 atom stereocenters. The highest BCUT2D eigenvalue weighted by molar-refractivity contribution is 7.19. The van der Waals surface area contributed by atoms with Crippen LogP contribution in [0.3, 0.4) is 0 Å². The number of aromatic nitrogens is 2. The van der Waals surface area contributed by atoms with Crippen LogP contribution in [0.25, 0.3) is 10.2 Å². The molecule has 1 amide bonds. The Morgan fingerprint density at radius 1 is 1.09 bits per heavy atom. The normalized spacial score (nSPS) is 16.5. The summed E-state index contributed by atoms with van der Waals surface area (Å²) in [4.78, 5) is 27.1. The predicted octanol–water partition coefficient (Wildman–Crippen LogP) is 3.90. The number of amides is 1. The maximum absolute atomic E-state index is 12.4. The molecule has 1 aliphatic heterocycles. The molecule has 33 heavy (non-hydrogen) atoms. The van der Waals surface area contributed by atoms with E-state index in [9.17, 15) is 4.79 Å². The summed E-state index contributed by atoms with van der Waals surface area (Å²) in [6.45, 7) is 5.14. The average Bonchev–Trinajstić information content (AvgIpc) is 3.21. The first-order valence-corrected chi connectivity index (χ1v) is 12.8. The summed E-state index contributed by atoms with van der Waals surface area (Å²) in [5.41, 5.74) is 2.01. The van der Waals surface area contributed by atoms with Crippen molar-refractivity contribution in [1.82, 2.24) is 20.2 Å². The van der Waals surface area contributed by atoms with Crippen LogP contribution < -0.4 is 10.6 Å². The molecule has 1 aliphatic carbocycles. The summed E-state index contributed by atoms with van der Waals surface area (Å²) >= 11 is 7.73. The highest BCUT2D eigenvalue weighted by atomic mass is 35.5. The lowest BCUT2D eigenvalue weighted by Gasteiger charge is -2.25. The quantitative estimate of drug-likeness (QED) is 0.494. The minimum atomic E-state index is -0.109. The fraction of sp³-hybridized carbons (Fsp3) is 0.458. The zero-order valence-corrected chi connectivity index (χ0v) is 20.1. The molecule has 0 spiro atoms. The Morgan fingerprint density at radius 3 is 2.70 bits per heavy atom. The number of ether oxygens (including phenoxy) is 1. The topological polar surface area (TPSA) is 79.4 Å². The Morgan fingerprint density at radius 2 is 1.88 bits per heavy atom. The SMILES string of the molecule is O=C(NCCNc1nc(CN2CCOCC2)nc2sc3c(c12)CCCC3)c1ccc(Cl)cc1. The second-order valence-electron chi connectivity index (χ2n) is 8.46. The number of nitrogens with zero attached hydrogens (tertiary/aromatic N) is 3. The number of carbonyl (C=O) groups is 1. The summed E-state index contributed by atoms with van der Waals surface area (Å²) in [5.74, 6) is 1.63. The number of hydrogen-bond acceptors (Lipinski definition) is 7. The first-order valence-electron chi connectivity index (χ1n) is 11.6. The van der Waals surface area contributed by atoms with Gasteiger partial charge in [-0.25, -0.2) is 9.97 Å². The van der Waals surface area contributed by atoms with Crippen LogP contribution in [0.2, 0.25) is 5.02 Å². The van der Waals surface area contributed by atoms with Crippen molar-refractivity contribution >= 4 is 44.9 Å². The Labute approximate surface area is 202 Å². The molecule has 1 fully saturated rings. The van der Waals surface area contributed by atoms with Gasteiger partial charge in [0.25, 0.3) is 5.91 Å². The summed E-state index contributed by atoms with van der Waals surface area (Å²) in [6, 6.07) is 6.91. The van der Waals surface area contributed by atoms with Crippen LogP contribution >= 0.6 is 22.9 Å². The number of halogens is 1. The number of hydrogen-bond donors (Lipinski definition) is 2. The Bertz CT molecular complexity index is 1130. The van der Waals surface area contributed by atoms with Gasteiger partial charge in [0.15, 0.2) is 0 Å². The van der Waals surface area contributed by atoms with E-state index in [1.807, 2.05) is 11.3 Å². The molecule has 2 N–H and O–H groups in total. The van der Waals surface area contributed by atoms with E-state index in [2.05, 4.69) is 15.5 Å². The summed E-state index contributed by atoms with van der Waals surface area (Å²) in [7, 11) is 0. The fourth-order valence-electron chi connectivity index (χ4n) is 4.42. The lowest BCUT2D eigenvalue weighted by molar-refractivity contribution is 0.0331. The van der Waals surface area contributed by atoms with Crippen molar-refractivity contribution in [1.29, 1.82) is 0 Å². The van der Waals surface area contributed by atoms with Crippen LogP contribution in [-0.4, -0.2) is 60.2 Å². The zero-order valence-electron chi connectivity index (χ0n) is 18.5. The Kier molecular flexibility index (Phi) is 7.06. The minimum Gasteiger partial charge on any atom is -0.379 e. The summed E-state index contributed by atoms with van der Waals surface area (Å²) in [6.07, 6.45) is 4.67. The molecular weight excluding hydrogens is 458 g/mol. The molecule has 5 rings (SSSR count). The molecule has 174 valence electrons. The van der Waals surface area contributed by atoms with Gasteiger partial charge < -0.3 is 15.4 Å². The largest absolute Gasteiger partial charge is 0.379 e. The maximum Gasteiger partial charge on any atom is 0.251 e. The summed E-state index contributed by atoms with van der Waals surface area (Å²) < 4.78 is 5.48. The maximum atomic E-state index is 12.4. The average molecular weight is 486 g/mol. The number of morpholine rings is 1. The number of thiophene rings is 1. The molecule has 0 bridgehead atoms. The van der Waals surface area contributed by atoms with Gasteiger partial charge in [0, 0.05) is 41.6 Å². The zero-order chi connectivity index (χ0) is 22.6. The lowest BCUT2D eigenvalue weighted by atomic mass is 9.97. The van der Waals surface area contributed by atoms with Gasteiger partial charge >= 0.3 is 0 Å². The number of benzene rings is 1. The third-order valence-corrected chi connectivity index (χ3v) is 7.58. The first kappa shape index (κ1) is 22.5. The van der Waals surface area contributed by atoms with Gasteiger partial charge in [-0.05, 0) is 55.5 Å². The highest BCUT2D eigenvalue weighted by Crippen LogP contribution is 2.38. The molecule has 0 radical (unpaired) electrons. The number of fused-ring (bicyclic) bond motifs is 3. The van der Waals surface area contributed by atoms with Crippen LogP contribution in [0.5, 0.6) is 0 Å². The molecule has 0 saturated carbocycles. The molecule has 2 aliphatic rings. The van der Waals surface area contributed by atoms with Crippen LogP contribution in [-0.2, 0) is 24.1 Å². The van der Waals surface area contributed by atoms with Gasteiger partial charge in [-0.1, -0.05) is 11.6 Å². The standard InChI is InChI=1S/C24H28ClN5O2S/c25-17-7-5-16(6-8-17)23(31)27-10-9-26-22-21-18-3-1-2-4-19(18)33-24(21)29-20(28-22)15-30-11-13-32-14-12-30/h5-8H,1-4,9-15H2,(H,27,31)(H,26,28,29). The second-order valence-corrected chi connectivity index (χ2v) is 9.98. The number of aryl methyl sites for hydroxylation is 2. The van der Waals surface area contributed by atoms with E-state index < -0.39 is 0 Å². The van der Waals surface area contributed by atoms with E-state index in [0.717, 1.165) is 62.2 Å². The van der Waals surface area contributed by atoms with Crippen LogP contribution in [0, 0.1) is 0 Å². The van der Waals surface area contributed by atoms with Crippen LogP contribution in [0.15, 0.2) is 24.3 Å². The van der Waals surface area contributed by atoms with E-state index in [4.69, 9.17) is 26.3 Å². The number of rotatable bonds is 7. The molecular formula is C24H28ClN5O2S. The molecule has 1 saturated heterocycles. The molecule has 7 nitrogen and oxygen atoms in total. The van der Waals surface area contributed by atoms with Crippen molar-refractivity contribution in [3.63, 3.8) is 0 Å². The van der Waals surface area contributed by atoms with Gasteiger partial charge in [0.2, 0.25) is 0 Å². The first-order chi connectivity index (χ1) is 16.2. The third kappa shape index (κ3) is 5.30. The van der Waals surface area contributed by atoms with Crippen molar-refractivity contribution < 1.29 is 9.53 Å². The van der Waals surface area contributed by atoms with Crippen LogP contribution in [0.4, 0.5) is 5.82 Å². The molecule has 1 aromatic carbocycles. The van der Waals surface area contributed by atoms with E-state index in [-0.39, 0.29) is 5.91 Å². The van der Waals surface area contributed by atoms with Gasteiger partial charge in [0.1, 0.15) is 16.5 Å². The van der Waals surface area contributed by atoms with E-state index in [1.54, 1.807) is 24.3 Å².